The predicted molar refractivity (Wildman–Crippen MR) is 112 cm³/mol. The number of benzene rings is 1. The Bertz CT molecular complexity index is 1100. The van der Waals surface area contributed by atoms with Gasteiger partial charge >= 0.3 is 0 Å². The summed E-state index contributed by atoms with van der Waals surface area (Å²) in [5.41, 5.74) is 1.48. The molecule has 3 rings (SSSR count). The highest BCUT2D eigenvalue weighted by Crippen LogP contribution is 2.26. The van der Waals surface area contributed by atoms with Gasteiger partial charge in [-0.1, -0.05) is 0 Å². The molecule has 0 spiro atoms. The van der Waals surface area contributed by atoms with E-state index < -0.39 is 10.0 Å². The summed E-state index contributed by atoms with van der Waals surface area (Å²) < 4.78 is 35.1. The Labute approximate surface area is 171 Å². The van der Waals surface area contributed by atoms with Gasteiger partial charge in [0.1, 0.15) is 23.2 Å². The molecular formula is C20H25N5O3S. The highest BCUT2D eigenvalue weighted by atomic mass is 32.2. The number of rotatable bonds is 8. The van der Waals surface area contributed by atoms with Gasteiger partial charge in [-0.05, 0) is 56.2 Å². The molecule has 0 unspecified atom stereocenters. The number of hydrogen-bond donors (Lipinski definition) is 2. The van der Waals surface area contributed by atoms with Gasteiger partial charge in [-0.15, -0.1) is 0 Å². The molecule has 8 nitrogen and oxygen atoms in total. The summed E-state index contributed by atoms with van der Waals surface area (Å²) in [7, 11) is -2.06. The van der Waals surface area contributed by atoms with Crippen LogP contribution in [0.15, 0.2) is 47.6 Å². The van der Waals surface area contributed by atoms with Gasteiger partial charge in [-0.2, -0.15) is 0 Å². The number of anilines is 1. The third-order valence-electron chi connectivity index (χ3n) is 4.61. The van der Waals surface area contributed by atoms with E-state index >= 15 is 0 Å². The van der Waals surface area contributed by atoms with Crippen LogP contribution in [0.25, 0.3) is 5.82 Å². The molecule has 0 aliphatic rings. The number of methoxy groups -OCH3 is 1. The quantitative estimate of drug-likeness (QED) is 0.549. The summed E-state index contributed by atoms with van der Waals surface area (Å²) in [4.78, 5) is 9.01. The van der Waals surface area contributed by atoms with Crippen molar-refractivity contribution in [2.24, 2.45) is 0 Å². The van der Waals surface area contributed by atoms with Gasteiger partial charge in [0.25, 0.3) is 0 Å². The maximum atomic E-state index is 12.7. The van der Waals surface area contributed by atoms with Crippen LogP contribution < -0.4 is 14.8 Å². The van der Waals surface area contributed by atoms with Crippen molar-refractivity contribution in [3.63, 3.8) is 0 Å². The van der Waals surface area contributed by atoms with Gasteiger partial charge in [0.15, 0.2) is 0 Å². The number of nitrogens with one attached hydrogen (secondary N) is 2. The molecule has 0 radical (unpaired) electrons. The van der Waals surface area contributed by atoms with Crippen LogP contribution in [-0.2, 0) is 10.0 Å². The number of ether oxygens (including phenoxy) is 1. The summed E-state index contributed by atoms with van der Waals surface area (Å²) >= 11 is 0. The minimum atomic E-state index is -3.63. The lowest BCUT2D eigenvalue weighted by atomic mass is 10.1. The molecule has 0 saturated carbocycles. The van der Waals surface area contributed by atoms with Gasteiger partial charge in [0.2, 0.25) is 10.0 Å². The van der Waals surface area contributed by atoms with Crippen LogP contribution in [0.4, 0.5) is 5.82 Å². The van der Waals surface area contributed by atoms with Gasteiger partial charge in [0.05, 0.1) is 12.0 Å². The lowest BCUT2D eigenvalue weighted by Crippen LogP contribution is -2.29. The minimum Gasteiger partial charge on any atom is -0.496 e. The van der Waals surface area contributed by atoms with Crippen LogP contribution in [0.2, 0.25) is 0 Å². The fourth-order valence-electron chi connectivity index (χ4n) is 3.00. The van der Waals surface area contributed by atoms with Crippen molar-refractivity contribution in [2.75, 3.05) is 25.5 Å². The Morgan fingerprint density at radius 3 is 2.45 bits per heavy atom. The average Bonchev–Trinajstić information content (AvgIpc) is 3.22. The molecule has 9 heteroatoms. The summed E-state index contributed by atoms with van der Waals surface area (Å²) in [6.07, 6.45) is 3.80. The highest BCUT2D eigenvalue weighted by Gasteiger charge is 2.19. The van der Waals surface area contributed by atoms with Crippen molar-refractivity contribution in [3.05, 3.63) is 59.7 Å². The monoisotopic (exact) mass is 415 g/mol. The first-order chi connectivity index (χ1) is 13.8. The van der Waals surface area contributed by atoms with Crippen LogP contribution in [-0.4, -0.2) is 43.2 Å². The Balaban J connectivity index is 1.64. The van der Waals surface area contributed by atoms with Crippen molar-refractivity contribution >= 4 is 15.8 Å². The van der Waals surface area contributed by atoms with Crippen molar-refractivity contribution < 1.29 is 13.2 Å². The molecule has 1 aromatic carbocycles. The zero-order chi connectivity index (χ0) is 21.0. The standard InChI is InChI=1S/C20H25N5O3S/c1-14-15(2)18(8-7-17(14)28-4)29(26,27)22-10-9-21-19-13-20(24-16(3)23-19)25-11-5-6-12-25/h5-8,11-13,22H,9-10H2,1-4H3,(H,21,23,24). The molecule has 0 bridgehead atoms. The third kappa shape index (κ3) is 4.75. The zero-order valence-electron chi connectivity index (χ0n) is 16.9. The molecule has 2 aromatic heterocycles. The van der Waals surface area contributed by atoms with Crippen LogP contribution in [0.1, 0.15) is 17.0 Å². The van der Waals surface area contributed by atoms with E-state index in [9.17, 15) is 8.42 Å². The predicted octanol–water partition coefficient (Wildman–Crippen LogP) is 2.59. The molecule has 0 aliphatic carbocycles. The molecule has 29 heavy (non-hydrogen) atoms. The second kappa shape index (κ2) is 8.62. The maximum Gasteiger partial charge on any atom is 0.240 e. The lowest BCUT2D eigenvalue weighted by Gasteiger charge is -2.14. The summed E-state index contributed by atoms with van der Waals surface area (Å²) in [5, 5.41) is 3.14. The lowest BCUT2D eigenvalue weighted by molar-refractivity contribution is 0.410. The first-order valence-corrected chi connectivity index (χ1v) is 10.7. The largest absolute Gasteiger partial charge is 0.496 e. The van der Waals surface area contributed by atoms with Crippen LogP contribution in [0, 0.1) is 20.8 Å². The molecule has 0 saturated heterocycles. The highest BCUT2D eigenvalue weighted by molar-refractivity contribution is 7.89. The van der Waals surface area contributed by atoms with E-state index in [1.165, 1.54) is 0 Å². The topological polar surface area (TPSA) is 98.1 Å². The molecule has 154 valence electrons. The molecular weight excluding hydrogens is 390 g/mol. The van der Waals surface area contributed by atoms with E-state index in [1.807, 2.05) is 49.0 Å². The number of aryl methyl sites for hydroxylation is 1. The molecule has 0 amide bonds. The SMILES string of the molecule is COc1ccc(S(=O)(=O)NCCNc2cc(-n3cccc3)nc(C)n2)c(C)c1C. The molecule has 0 atom stereocenters. The maximum absolute atomic E-state index is 12.7. The average molecular weight is 416 g/mol. The molecule has 2 heterocycles. The van der Waals surface area contributed by atoms with Gasteiger partial charge in [-0.3, -0.25) is 0 Å². The Morgan fingerprint density at radius 2 is 1.76 bits per heavy atom. The van der Waals surface area contributed by atoms with Crippen molar-refractivity contribution in [1.29, 1.82) is 0 Å². The third-order valence-corrected chi connectivity index (χ3v) is 6.22. The van der Waals surface area contributed by atoms with Gasteiger partial charge in [-0.25, -0.2) is 23.1 Å². The van der Waals surface area contributed by atoms with E-state index in [0.717, 1.165) is 11.4 Å². The fourth-order valence-corrected chi connectivity index (χ4v) is 4.33. The number of sulfonamides is 1. The molecule has 2 N–H and O–H groups in total. The fraction of sp³-hybridized carbons (Fsp3) is 0.300. The molecule has 0 aliphatic heterocycles. The Kier molecular flexibility index (Phi) is 6.19. The van der Waals surface area contributed by atoms with E-state index in [2.05, 4.69) is 20.0 Å². The van der Waals surface area contributed by atoms with Crippen LogP contribution in [0.3, 0.4) is 0 Å². The van der Waals surface area contributed by atoms with Crippen LogP contribution in [0.5, 0.6) is 5.75 Å². The van der Waals surface area contributed by atoms with E-state index in [1.54, 1.807) is 26.2 Å². The van der Waals surface area contributed by atoms with E-state index in [0.29, 0.717) is 29.5 Å². The van der Waals surface area contributed by atoms with Crippen molar-refractivity contribution in [3.8, 4) is 11.6 Å². The number of hydrogen-bond acceptors (Lipinski definition) is 6. The molecule has 3 aromatic rings. The van der Waals surface area contributed by atoms with Crippen LogP contribution >= 0.6 is 0 Å². The summed E-state index contributed by atoms with van der Waals surface area (Å²) in [6, 6.07) is 8.89. The Hall–Kier alpha value is -2.91. The van der Waals surface area contributed by atoms with Gasteiger partial charge in [0, 0.05) is 31.5 Å². The second-order valence-corrected chi connectivity index (χ2v) is 8.32. The first kappa shape index (κ1) is 20.8. The van der Waals surface area contributed by atoms with Crippen molar-refractivity contribution in [2.45, 2.75) is 25.7 Å². The van der Waals surface area contributed by atoms with Gasteiger partial charge < -0.3 is 14.6 Å². The minimum absolute atomic E-state index is 0.217. The molecule has 0 fully saturated rings. The van der Waals surface area contributed by atoms with Crippen molar-refractivity contribution in [1.82, 2.24) is 19.3 Å². The first-order valence-electron chi connectivity index (χ1n) is 9.18. The second-order valence-electron chi connectivity index (χ2n) is 6.59. The number of nitrogens with zero attached hydrogens (tertiary/aromatic N) is 3. The van der Waals surface area contributed by atoms with E-state index in [-0.39, 0.29) is 11.4 Å². The Morgan fingerprint density at radius 1 is 1.03 bits per heavy atom. The normalized spacial score (nSPS) is 11.4. The summed E-state index contributed by atoms with van der Waals surface area (Å²) in [6.45, 7) is 6.03. The zero-order valence-corrected chi connectivity index (χ0v) is 17.7. The number of aromatic nitrogens is 3. The van der Waals surface area contributed by atoms with E-state index in [4.69, 9.17) is 4.74 Å². The summed E-state index contributed by atoms with van der Waals surface area (Å²) in [5.74, 6) is 2.68. The smallest absolute Gasteiger partial charge is 0.240 e.